The fourth-order valence-corrected chi connectivity index (χ4v) is 13.0. The SMILES string of the molecule is O=P(c1ccccc1)(c1ccccc1)c1ccc(-c2ccc(C3(c4ccccc4)c4ccccc4[C@@]4(c5ccccc5)c5ccccc5-c5cccc3c54)cc2)cc1. The first-order valence-electron chi connectivity index (χ1n) is 20.0. The monoisotopic (exact) mass is 758 g/mol. The minimum Gasteiger partial charge on any atom is -0.309 e. The van der Waals surface area contributed by atoms with E-state index in [2.05, 4.69) is 176 Å². The number of hydrogen-bond donors (Lipinski definition) is 0. The molecule has 0 amide bonds. The fourth-order valence-electron chi connectivity index (χ4n) is 10.4. The van der Waals surface area contributed by atoms with Gasteiger partial charge in [0.1, 0.15) is 0 Å². The maximum atomic E-state index is 15.1. The van der Waals surface area contributed by atoms with Crippen molar-refractivity contribution in [3.05, 3.63) is 281 Å². The Labute approximate surface area is 340 Å². The quantitative estimate of drug-likeness (QED) is 0.148. The summed E-state index contributed by atoms with van der Waals surface area (Å²) in [7, 11) is -3.07. The summed E-state index contributed by atoms with van der Waals surface area (Å²) in [5, 5.41) is 2.50. The first kappa shape index (κ1) is 34.5. The van der Waals surface area contributed by atoms with Crippen LogP contribution >= 0.6 is 7.14 Å². The van der Waals surface area contributed by atoms with Gasteiger partial charge in [0.05, 0.1) is 10.8 Å². The van der Waals surface area contributed by atoms with Crippen molar-refractivity contribution < 1.29 is 4.57 Å². The smallest absolute Gasteiger partial charge is 0.171 e. The lowest BCUT2D eigenvalue weighted by atomic mass is 9.51. The molecule has 11 rings (SSSR count). The average Bonchev–Trinajstić information content (AvgIpc) is 3.62. The molecule has 2 heteroatoms. The van der Waals surface area contributed by atoms with Crippen molar-refractivity contribution in [1.29, 1.82) is 0 Å². The van der Waals surface area contributed by atoms with Crippen LogP contribution in [0.5, 0.6) is 0 Å². The number of hydrogen-bond acceptors (Lipinski definition) is 1. The van der Waals surface area contributed by atoms with Crippen molar-refractivity contribution in [2.45, 2.75) is 10.8 Å². The molecular formula is C56H39OP. The Kier molecular flexibility index (Phi) is 7.97. The Bertz CT molecular complexity index is 2950. The van der Waals surface area contributed by atoms with Crippen LogP contribution in [0.1, 0.15) is 44.5 Å². The van der Waals surface area contributed by atoms with Gasteiger partial charge < -0.3 is 4.57 Å². The van der Waals surface area contributed by atoms with Crippen molar-refractivity contribution in [2.24, 2.45) is 0 Å². The summed E-state index contributed by atoms with van der Waals surface area (Å²) in [4.78, 5) is 0. The number of benzene rings is 9. The van der Waals surface area contributed by atoms with E-state index in [1.807, 2.05) is 60.7 Å². The maximum Gasteiger partial charge on any atom is 0.171 e. The summed E-state index contributed by atoms with van der Waals surface area (Å²) in [5.41, 5.74) is 14.1. The molecule has 0 saturated heterocycles. The van der Waals surface area contributed by atoms with E-state index in [0.29, 0.717) is 0 Å². The highest BCUT2D eigenvalue weighted by Gasteiger charge is 2.57. The van der Waals surface area contributed by atoms with Crippen LogP contribution in [0.3, 0.4) is 0 Å². The van der Waals surface area contributed by atoms with Crippen LogP contribution in [0.2, 0.25) is 0 Å². The third-order valence-electron chi connectivity index (χ3n) is 12.7. The first-order chi connectivity index (χ1) is 28.7. The second-order valence-electron chi connectivity index (χ2n) is 15.5. The van der Waals surface area contributed by atoms with Gasteiger partial charge in [-0.15, -0.1) is 0 Å². The molecule has 0 aromatic heterocycles. The average molecular weight is 759 g/mol. The van der Waals surface area contributed by atoms with E-state index in [4.69, 9.17) is 0 Å². The van der Waals surface area contributed by atoms with E-state index < -0.39 is 18.0 Å². The summed E-state index contributed by atoms with van der Waals surface area (Å²) < 4.78 is 15.1. The van der Waals surface area contributed by atoms with Crippen molar-refractivity contribution >= 4 is 23.1 Å². The highest BCUT2D eigenvalue weighted by atomic mass is 31.2. The summed E-state index contributed by atoms with van der Waals surface area (Å²) in [6.45, 7) is 0. The van der Waals surface area contributed by atoms with Gasteiger partial charge in [0.2, 0.25) is 0 Å². The molecule has 0 spiro atoms. The third-order valence-corrected chi connectivity index (χ3v) is 15.8. The molecule has 0 fully saturated rings. The van der Waals surface area contributed by atoms with Crippen molar-refractivity contribution in [1.82, 2.24) is 0 Å². The Morgan fingerprint density at radius 2 is 0.655 bits per heavy atom. The maximum absolute atomic E-state index is 15.1. The second-order valence-corrected chi connectivity index (χ2v) is 18.2. The fraction of sp³-hybridized carbons (Fsp3) is 0.0357. The molecule has 0 aliphatic heterocycles. The molecule has 1 nitrogen and oxygen atoms in total. The van der Waals surface area contributed by atoms with Gasteiger partial charge in [-0.2, -0.15) is 0 Å². The molecule has 0 heterocycles. The molecular weight excluding hydrogens is 720 g/mol. The summed E-state index contributed by atoms with van der Waals surface area (Å²) in [5.74, 6) is 0. The van der Waals surface area contributed by atoms with Gasteiger partial charge in [0.25, 0.3) is 0 Å². The lowest BCUT2D eigenvalue weighted by molar-refractivity contribution is 0.592. The summed E-state index contributed by atoms with van der Waals surface area (Å²) in [6, 6.07) is 84.7. The molecule has 0 bridgehead atoms. The van der Waals surface area contributed by atoms with Gasteiger partial charge in [-0.05, 0) is 66.8 Å². The standard InChI is InChI=1S/C56H39OP/c57-58(45-22-9-3-10-23-45,46-24-11-4-12-25-46)47-38-34-41(35-39-47)40-32-36-44(37-33-40)55(42-18-5-1-6-19-42)51-29-15-16-30-52(51)56(43-20-7-2-8-21-43)50-28-14-13-26-48(50)49-27-17-31-53(55)54(49)56/h1-39H/t55?,56-/m1/s1. The van der Waals surface area contributed by atoms with Crippen LogP contribution < -0.4 is 15.9 Å². The van der Waals surface area contributed by atoms with Crippen molar-refractivity contribution in [3.63, 3.8) is 0 Å². The lowest BCUT2D eigenvalue weighted by Crippen LogP contribution is -2.44. The van der Waals surface area contributed by atoms with E-state index in [-0.39, 0.29) is 0 Å². The van der Waals surface area contributed by atoms with Gasteiger partial charge in [0, 0.05) is 15.9 Å². The van der Waals surface area contributed by atoms with Crippen LogP contribution in [-0.4, -0.2) is 0 Å². The zero-order valence-corrected chi connectivity index (χ0v) is 32.8. The Morgan fingerprint density at radius 3 is 1.22 bits per heavy atom. The molecule has 2 aliphatic rings. The zero-order valence-electron chi connectivity index (χ0n) is 31.9. The van der Waals surface area contributed by atoms with Crippen LogP contribution in [0, 0.1) is 0 Å². The van der Waals surface area contributed by atoms with Crippen LogP contribution in [0.4, 0.5) is 0 Å². The zero-order chi connectivity index (χ0) is 38.7. The van der Waals surface area contributed by atoms with E-state index in [0.717, 1.165) is 27.0 Å². The Morgan fingerprint density at radius 1 is 0.276 bits per heavy atom. The van der Waals surface area contributed by atoms with Gasteiger partial charge in [-0.1, -0.05) is 237 Å². The van der Waals surface area contributed by atoms with Gasteiger partial charge in [0.15, 0.2) is 7.14 Å². The van der Waals surface area contributed by atoms with Gasteiger partial charge in [-0.25, -0.2) is 0 Å². The van der Waals surface area contributed by atoms with Crippen molar-refractivity contribution in [3.8, 4) is 22.3 Å². The molecule has 9 aromatic rings. The topological polar surface area (TPSA) is 17.1 Å². The predicted molar refractivity (Wildman–Crippen MR) is 240 cm³/mol. The Hall–Kier alpha value is -6.79. The molecule has 0 saturated carbocycles. The molecule has 0 radical (unpaired) electrons. The van der Waals surface area contributed by atoms with E-state index in [1.165, 1.54) is 55.6 Å². The van der Waals surface area contributed by atoms with Crippen LogP contribution in [-0.2, 0) is 15.4 Å². The highest BCUT2D eigenvalue weighted by molar-refractivity contribution is 7.85. The molecule has 2 aliphatic carbocycles. The van der Waals surface area contributed by atoms with Crippen LogP contribution in [0.15, 0.2) is 237 Å². The molecule has 2 atom stereocenters. The third kappa shape index (κ3) is 4.75. The number of rotatable bonds is 7. The van der Waals surface area contributed by atoms with Gasteiger partial charge in [-0.3, -0.25) is 0 Å². The summed E-state index contributed by atoms with van der Waals surface area (Å²) in [6.07, 6.45) is 0. The normalized spacial score (nSPS) is 17.5. The molecule has 1 unspecified atom stereocenters. The van der Waals surface area contributed by atoms with E-state index in [9.17, 15) is 0 Å². The predicted octanol–water partition coefficient (Wildman–Crippen LogP) is 12.1. The Balaban J connectivity index is 1.10. The minimum absolute atomic E-state index is 0.473. The molecule has 0 N–H and O–H groups in total. The molecule has 9 aromatic carbocycles. The van der Waals surface area contributed by atoms with Crippen LogP contribution in [0.25, 0.3) is 22.3 Å². The second kappa shape index (κ2) is 13.4. The first-order valence-corrected chi connectivity index (χ1v) is 21.7. The highest BCUT2D eigenvalue weighted by Crippen LogP contribution is 2.65. The minimum atomic E-state index is -3.07. The van der Waals surface area contributed by atoms with E-state index in [1.54, 1.807) is 0 Å². The largest absolute Gasteiger partial charge is 0.309 e. The van der Waals surface area contributed by atoms with E-state index >= 15 is 4.57 Å². The molecule has 58 heavy (non-hydrogen) atoms. The lowest BCUT2D eigenvalue weighted by Gasteiger charge is -2.49. The summed E-state index contributed by atoms with van der Waals surface area (Å²) >= 11 is 0. The molecule has 274 valence electrons. The van der Waals surface area contributed by atoms with Crippen molar-refractivity contribution in [2.75, 3.05) is 0 Å². The van der Waals surface area contributed by atoms with Gasteiger partial charge >= 0.3 is 0 Å². The number of fused-ring (bicyclic) bond motifs is 5.